The van der Waals surface area contributed by atoms with E-state index in [0.29, 0.717) is 11.6 Å². The van der Waals surface area contributed by atoms with Crippen molar-refractivity contribution < 1.29 is 8.42 Å². The van der Waals surface area contributed by atoms with E-state index in [1.54, 1.807) is 6.92 Å². The highest BCUT2D eigenvalue weighted by molar-refractivity contribution is 7.90. The summed E-state index contributed by atoms with van der Waals surface area (Å²) in [5.41, 5.74) is 3.73. The molecule has 0 aliphatic carbocycles. The summed E-state index contributed by atoms with van der Waals surface area (Å²) in [6, 6.07) is 17.6. The van der Waals surface area contributed by atoms with E-state index in [-0.39, 0.29) is 5.75 Å². The van der Waals surface area contributed by atoms with Crippen LogP contribution in [0.3, 0.4) is 0 Å². The van der Waals surface area contributed by atoms with Crippen molar-refractivity contribution >= 4 is 21.2 Å². The first kappa shape index (κ1) is 18.8. The Morgan fingerprint density at radius 3 is 2.19 bits per heavy atom. The molecule has 3 aromatic rings. The molecule has 1 heterocycles. The van der Waals surface area contributed by atoms with Crippen LogP contribution in [0.25, 0.3) is 10.6 Å². The lowest BCUT2D eigenvalue weighted by Crippen LogP contribution is -2.13. The fourth-order valence-electron chi connectivity index (χ4n) is 2.78. The van der Waals surface area contributed by atoms with Gasteiger partial charge in [0.1, 0.15) is 5.01 Å². The number of thiazole rings is 1. The molecule has 0 N–H and O–H groups in total. The van der Waals surface area contributed by atoms with Gasteiger partial charge in [-0.25, -0.2) is 13.4 Å². The largest absolute Gasteiger partial charge is 0.240 e. The Morgan fingerprint density at radius 1 is 0.923 bits per heavy atom. The molecular weight excluding hydrogens is 362 g/mol. The summed E-state index contributed by atoms with van der Waals surface area (Å²) in [5.74, 6) is 0.449. The zero-order valence-electron chi connectivity index (χ0n) is 15.2. The van der Waals surface area contributed by atoms with Gasteiger partial charge < -0.3 is 0 Å². The van der Waals surface area contributed by atoms with E-state index in [0.717, 1.165) is 16.1 Å². The zero-order chi connectivity index (χ0) is 18.7. The molecule has 0 bridgehead atoms. The maximum absolute atomic E-state index is 12.7. The van der Waals surface area contributed by atoms with E-state index in [9.17, 15) is 8.42 Å². The van der Waals surface area contributed by atoms with Crippen LogP contribution in [0.2, 0.25) is 0 Å². The molecule has 0 aliphatic rings. The van der Waals surface area contributed by atoms with Crippen LogP contribution < -0.4 is 0 Å². The van der Waals surface area contributed by atoms with Crippen LogP contribution in [-0.2, 0) is 15.6 Å². The second kappa shape index (κ2) is 7.72. The molecule has 2 aromatic carbocycles. The molecule has 0 saturated carbocycles. The minimum atomic E-state index is -3.31. The normalized spacial score (nSPS) is 13.1. The Morgan fingerprint density at radius 2 is 1.58 bits per heavy atom. The summed E-state index contributed by atoms with van der Waals surface area (Å²) in [4.78, 5) is 4.56. The van der Waals surface area contributed by atoms with Gasteiger partial charge in [-0.3, -0.25) is 0 Å². The zero-order valence-corrected chi connectivity index (χ0v) is 16.8. The topological polar surface area (TPSA) is 47.0 Å². The van der Waals surface area contributed by atoms with Crippen molar-refractivity contribution in [3.05, 3.63) is 76.8 Å². The van der Waals surface area contributed by atoms with Crippen LogP contribution in [0.1, 0.15) is 48.8 Å². The van der Waals surface area contributed by atoms with Gasteiger partial charge in [0.15, 0.2) is 9.84 Å². The smallest absolute Gasteiger partial charge is 0.162 e. The number of benzene rings is 2. The van der Waals surface area contributed by atoms with E-state index >= 15 is 0 Å². The number of nitrogens with zero attached hydrogens (tertiary/aromatic N) is 1. The molecule has 0 spiro atoms. The number of sulfone groups is 1. The fraction of sp³-hybridized carbons (Fsp3) is 0.286. The van der Waals surface area contributed by atoms with Crippen molar-refractivity contribution in [2.45, 2.75) is 37.7 Å². The van der Waals surface area contributed by atoms with E-state index < -0.39 is 15.1 Å². The van der Waals surface area contributed by atoms with Gasteiger partial charge in [0, 0.05) is 10.9 Å². The molecule has 3 rings (SSSR count). The molecular formula is C21H23NO2S2. The summed E-state index contributed by atoms with van der Waals surface area (Å²) < 4.78 is 25.5. The van der Waals surface area contributed by atoms with Gasteiger partial charge in [0.05, 0.1) is 16.7 Å². The highest BCUT2D eigenvalue weighted by Gasteiger charge is 2.24. The van der Waals surface area contributed by atoms with E-state index in [1.165, 1.54) is 16.9 Å². The van der Waals surface area contributed by atoms with Crippen LogP contribution in [0, 0.1) is 0 Å². The van der Waals surface area contributed by atoms with Crippen LogP contribution in [0.4, 0.5) is 0 Å². The van der Waals surface area contributed by atoms with Crippen LogP contribution in [-0.4, -0.2) is 13.4 Å². The summed E-state index contributed by atoms with van der Waals surface area (Å²) in [7, 11) is -3.31. The van der Waals surface area contributed by atoms with Crippen molar-refractivity contribution in [2.75, 3.05) is 0 Å². The molecule has 0 aliphatic heterocycles. The van der Waals surface area contributed by atoms with Gasteiger partial charge >= 0.3 is 0 Å². The molecule has 1 aromatic heterocycles. The second-order valence-electron chi connectivity index (χ2n) is 6.78. The van der Waals surface area contributed by atoms with Gasteiger partial charge in [-0.05, 0) is 24.0 Å². The van der Waals surface area contributed by atoms with Crippen molar-refractivity contribution in [1.29, 1.82) is 0 Å². The maximum atomic E-state index is 12.7. The molecule has 0 fully saturated rings. The molecule has 0 saturated heterocycles. The van der Waals surface area contributed by atoms with E-state index in [1.807, 2.05) is 35.7 Å². The van der Waals surface area contributed by atoms with Gasteiger partial charge in [-0.1, -0.05) is 68.4 Å². The minimum absolute atomic E-state index is 0.0381. The molecule has 136 valence electrons. The van der Waals surface area contributed by atoms with Crippen LogP contribution in [0.15, 0.2) is 60.0 Å². The lowest BCUT2D eigenvalue weighted by Gasteiger charge is -2.12. The standard InChI is InChI=1S/C21H23NO2S2/c1-15(2)17-9-11-19(12-10-17)21-22-20(13-25-21)14-26(23,24)16(3)18-7-5-4-6-8-18/h4-13,15-16H,14H2,1-3H3. The number of hydrogen-bond donors (Lipinski definition) is 0. The van der Waals surface area contributed by atoms with Crippen molar-refractivity contribution in [3.63, 3.8) is 0 Å². The predicted octanol–water partition coefficient (Wildman–Crippen LogP) is 5.61. The molecule has 3 nitrogen and oxygen atoms in total. The molecule has 26 heavy (non-hydrogen) atoms. The predicted molar refractivity (Wildman–Crippen MR) is 109 cm³/mol. The first-order valence-electron chi connectivity index (χ1n) is 8.68. The third kappa shape index (κ3) is 4.22. The highest BCUT2D eigenvalue weighted by Crippen LogP contribution is 2.29. The molecule has 0 radical (unpaired) electrons. The monoisotopic (exact) mass is 385 g/mol. The van der Waals surface area contributed by atoms with Crippen molar-refractivity contribution in [3.8, 4) is 10.6 Å². The first-order valence-corrected chi connectivity index (χ1v) is 11.3. The minimum Gasteiger partial charge on any atom is -0.240 e. The SMILES string of the molecule is CC(C)c1ccc(-c2nc(CS(=O)(=O)C(C)c3ccccc3)cs2)cc1. The second-order valence-corrected chi connectivity index (χ2v) is 9.96. The number of aromatic nitrogens is 1. The summed E-state index contributed by atoms with van der Waals surface area (Å²) in [5, 5.41) is 2.16. The Hall–Kier alpha value is -1.98. The average molecular weight is 386 g/mol. The number of rotatable bonds is 6. The molecule has 1 atom stereocenters. The van der Waals surface area contributed by atoms with Gasteiger partial charge in [-0.2, -0.15) is 0 Å². The van der Waals surface area contributed by atoms with Crippen molar-refractivity contribution in [2.24, 2.45) is 0 Å². The van der Waals surface area contributed by atoms with E-state index in [4.69, 9.17) is 0 Å². The Labute approximate surface area is 159 Å². The highest BCUT2D eigenvalue weighted by atomic mass is 32.2. The summed E-state index contributed by atoms with van der Waals surface area (Å²) in [6.45, 7) is 6.06. The Balaban J connectivity index is 1.77. The third-order valence-corrected chi connectivity index (χ3v) is 7.52. The Kier molecular flexibility index (Phi) is 5.58. The van der Waals surface area contributed by atoms with Crippen molar-refractivity contribution in [1.82, 2.24) is 4.98 Å². The lowest BCUT2D eigenvalue weighted by atomic mass is 10.0. The lowest BCUT2D eigenvalue weighted by molar-refractivity contribution is 0.585. The summed E-state index contributed by atoms with van der Waals surface area (Å²) in [6.07, 6.45) is 0. The molecule has 0 amide bonds. The molecule has 5 heteroatoms. The van der Waals surface area contributed by atoms with Crippen LogP contribution >= 0.6 is 11.3 Å². The summed E-state index contributed by atoms with van der Waals surface area (Å²) >= 11 is 1.49. The van der Waals surface area contributed by atoms with Crippen LogP contribution in [0.5, 0.6) is 0 Å². The number of hydrogen-bond acceptors (Lipinski definition) is 4. The van der Waals surface area contributed by atoms with Gasteiger partial charge in [0.2, 0.25) is 0 Å². The maximum Gasteiger partial charge on any atom is 0.162 e. The quantitative estimate of drug-likeness (QED) is 0.554. The third-order valence-electron chi connectivity index (χ3n) is 4.53. The first-order chi connectivity index (χ1) is 12.4. The van der Waals surface area contributed by atoms with E-state index in [2.05, 4.69) is 43.1 Å². The molecule has 1 unspecified atom stereocenters. The average Bonchev–Trinajstić information content (AvgIpc) is 3.09. The fourth-order valence-corrected chi connectivity index (χ4v) is 5.09. The van der Waals surface area contributed by atoms with Gasteiger partial charge in [0.25, 0.3) is 0 Å². The Bertz CT molecular complexity index is 959. The van der Waals surface area contributed by atoms with Gasteiger partial charge in [-0.15, -0.1) is 11.3 Å².